The third-order valence-corrected chi connectivity index (χ3v) is 6.23. The van der Waals surface area contributed by atoms with Crippen molar-refractivity contribution in [1.29, 1.82) is 0 Å². The predicted octanol–water partition coefficient (Wildman–Crippen LogP) is 3.11. The molecule has 0 aliphatic carbocycles. The maximum atomic E-state index is 12.2. The van der Waals surface area contributed by atoms with Crippen molar-refractivity contribution in [2.75, 3.05) is 26.2 Å². The van der Waals surface area contributed by atoms with Gasteiger partial charge in [-0.15, -0.1) is 0 Å². The highest BCUT2D eigenvalue weighted by atomic mass is 79.9. The zero-order chi connectivity index (χ0) is 15.5. The summed E-state index contributed by atoms with van der Waals surface area (Å²) in [5.74, 6) is 0.286. The molecule has 0 aromatic heterocycles. The van der Waals surface area contributed by atoms with Crippen LogP contribution in [0.2, 0.25) is 5.02 Å². The van der Waals surface area contributed by atoms with Gasteiger partial charge in [0.05, 0.1) is 9.92 Å². The maximum Gasteiger partial charge on any atom is 0.240 e. The minimum absolute atomic E-state index is 0.229. The Kier molecular flexibility index (Phi) is 6.08. The van der Waals surface area contributed by atoms with Gasteiger partial charge in [0, 0.05) is 17.6 Å². The lowest BCUT2D eigenvalue weighted by atomic mass is 10.2. The van der Waals surface area contributed by atoms with Crippen LogP contribution in [-0.4, -0.2) is 39.5 Å². The molecule has 21 heavy (non-hydrogen) atoms. The summed E-state index contributed by atoms with van der Waals surface area (Å²) in [5, 5.41) is 0.497. The van der Waals surface area contributed by atoms with E-state index in [2.05, 4.69) is 32.5 Å². The van der Waals surface area contributed by atoms with E-state index in [4.69, 9.17) is 11.6 Å². The third kappa shape index (κ3) is 4.93. The van der Waals surface area contributed by atoms with E-state index in [9.17, 15) is 8.42 Å². The van der Waals surface area contributed by atoms with E-state index in [1.807, 2.05) is 0 Å². The average molecular weight is 396 g/mol. The Bertz CT molecular complexity index is 589. The first kappa shape index (κ1) is 17.2. The van der Waals surface area contributed by atoms with Crippen LogP contribution in [0.1, 0.15) is 19.8 Å². The second-order valence-corrected chi connectivity index (χ2v) is 8.57. The molecule has 1 fully saturated rings. The molecule has 0 bridgehead atoms. The van der Waals surface area contributed by atoms with Crippen LogP contribution in [0.15, 0.2) is 27.6 Å². The number of halogens is 2. The van der Waals surface area contributed by atoms with Gasteiger partial charge in [-0.2, -0.15) is 0 Å². The zero-order valence-corrected chi connectivity index (χ0v) is 15.1. The molecule has 1 saturated heterocycles. The first-order chi connectivity index (χ1) is 9.88. The topological polar surface area (TPSA) is 49.4 Å². The van der Waals surface area contributed by atoms with Gasteiger partial charge >= 0.3 is 0 Å². The molecule has 2 rings (SSSR count). The fraction of sp³-hybridized carbons (Fsp3) is 0.571. The third-order valence-electron chi connectivity index (χ3n) is 3.59. The summed E-state index contributed by atoms with van der Waals surface area (Å²) >= 11 is 9.13. The molecule has 4 nitrogen and oxygen atoms in total. The van der Waals surface area contributed by atoms with Crippen molar-refractivity contribution in [1.82, 2.24) is 9.62 Å². The van der Waals surface area contributed by atoms with Gasteiger partial charge in [-0.3, -0.25) is 0 Å². The molecule has 1 atom stereocenters. The molecule has 118 valence electrons. The molecule has 0 spiro atoms. The summed E-state index contributed by atoms with van der Waals surface area (Å²) in [6, 6.07) is 4.62. The molecule has 1 aromatic rings. The lowest BCUT2D eigenvalue weighted by Gasteiger charge is -2.20. The number of rotatable bonds is 6. The van der Waals surface area contributed by atoms with E-state index in [0.717, 1.165) is 19.6 Å². The van der Waals surface area contributed by atoms with Crippen LogP contribution in [0.4, 0.5) is 0 Å². The molecular weight excluding hydrogens is 376 g/mol. The van der Waals surface area contributed by atoms with Gasteiger partial charge in [-0.1, -0.05) is 18.5 Å². The van der Waals surface area contributed by atoms with Gasteiger partial charge in [0.2, 0.25) is 10.0 Å². The molecule has 1 aliphatic heterocycles. The summed E-state index contributed by atoms with van der Waals surface area (Å²) < 4.78 is 27.8. The number of benzene rings is 1. The lowest BCUT2D eigenvalue weighted by Crippen LogP contribution is -2.34. The second-order valence-electron chi connectivity index (χ2n) is 5.54. The van der Waals surface area contributed by atoms with Crippen LogP contribution in [0.3, 0.4) is 0 Å². The molecule has 1 N–H and O–H groups in total. The number of sulfonamides is 1. The minimum atomic E-state index is -3.49. The fourth-order valence-corrected chi connectivity index (χ4v) is 4.29. The zero-order valence-electron chi connectivity index (χ0n) is 12.0. The van der Waals surface area contributed by atoms with Crippen molar-refractivity contribution in [3.8, 4) is 0 Å². The highest BCUT2D eigenvalue weighted by Gasteiger charge is 2.19. The largest absolute Gasteiger partial charge is 0.303 e. The van der Waals surface area contributed by atoms with E-state index >= 15 is 0 Å². The Hall–Kier alpha value is -0.140. The summed E-state index contributed by atoms with van der Waals surface area (Å²) in [6.45, 7) is 5.70. The van der Waals surface area contributed by atoms with E-state index in [-0.39, 0.29) is 10.8 Å². The van der Waals surface area contributed by atoms with E-state index in [0.29, 0.717) is 16.0 Å². The number of hydrogen-bond acceptors (Lipinski definition) is 3. The van der Waals surface area contributed by atoms with Crippen LogP contribution >= 0.6 is 27.5 Å². The molecular formula is C14H20BrClN2O2S. The SMILES string of the molecule is CC(CNS(=O)(=O)c1ccc(Cl)c(Br)c1)CN1CCCC1. The van der Waals surface area contributed by atoms with Crippen molar-refractivity contribution in [2.24, 2.45) is 5.92 Å². The normalized spacial score (nSPS) is 18.0. The van der Waals surface area contributed by atoms with E-state index in [1.165, 1.54) is 25.0 Å². The average Bonchev–Trinajstić information content (AvgIpc) is 2.92. The first-order valence-electron chi connectivity index (χ1n) is 7.05. The van der Waals surface area contributed by atoms with Crippen molar-refractivity contribution in [2.45, 2.75) is 24.7 Å². The van der Waals surface area contributed by atoms with Crippen LogP contribution in [0.25, 0.3) is 0 Å². The fourth-order valence-electron chi connectivity index (χ4n) is 2.45. The van der Waals surface area contributed by atoms with Crippen LogP contribution < -0.4 is 4.72 Å². The monoisotopic (exact) mass is 394 g/mol. The van der Waals surface area contributed by atoms with Gasteiger partial charge in [0.1, 0.15) is 0 Å². The van der Waals surface area contributed by atoms with Crippen molar-refractivity contribution >= 4 is 37.6 Å². The number of nitrogens with one attached hydrogen (secondary N) is 1. The summed E-state index contributed by atoms with van der Waals surface area (Å²) in [7, 11) is -3.49. The molecule has 1 aromatic carbocycles. The Morgan fingerprint density at radius 1 is 1.38 bits per heavy atom. The van der Waals surface area contributed by atoms with Crippen LogP contribution in [0.5, 0.6) is 0 Å². The number of nitrogens with zero attached hydrogens (tertiary/aromatic N) is 1. The maximum absolute atomic E-state index is 12.2. The quantitative estimate of drug-likeness (QED) is 0.805. The Morgan fingerprint density at radius 3 is 2.67 bits per heavy atom. The highest BCUT2D eigenvalue weighted by molar-refractivity contribution is 9.10. The molecule has 0 amide bonds. The second kappa shape index (κ2) is 7.42. The van der Waals surface area contributed by atoms with E-state index in [1.54, 1.807) is 6.07 Å². The van der Waals surface area contributed by atoms with Crippen molar-refractivity contribution in [3.63, 3.8) is 0 Å². The van der Waals surface area contributed by atoms with Crippen LogP contribution in [0, 0.1) is 5.92 Å². The molecule has 7 heteroatoms. The standard InChI is InChI=1S/C14H20BrClN2O2S/c1-11(10-18-6-2-3-7-18)9-17-21(19,20)12-4-5-14(16)13(15)8-12/h4-5,8,11,17H,2-3,6-7,9-10H2,1H3. The number of likely N-dealkylation sites (tertiary alicyclic amines) is 1. The van der Waals surface area contributed by atoms with Crippen LogP contribution in [-0.2, 0) is 10.0 Å². The van der Waals surface area contributed by atoms with Crippen molar-refractivity contribution in [3.05, 3.63) is 27.7 Å². The Morgan fingerprint density at radius 2 is 2.05 bits per heavy atom. The molecule has 1 heterocycles. The molecule has 0 radical (unpaired) electrons. The van der Waals surface area contributed by atoms with Gasteiger partial charge in [-0.05, 0) is 66.0 Å². The summed E-state index contributed by atoms with van der Waals surface area (Å²) in [4.78, 5) is 2.62. The molecule has 1 unspecified atom stereocenters. The van der Waals surface area contributed by atoms with Gasteiger partial charge in [0.25, 0.3) is 0 Å². The number of hydrogen-bond donors (Lipinski definition) is 1. The Labute approximate surface area is 140 Å². The predicted molar refractivity (Wildman–Crippen MR) is 89.2 cm³/mol. The Balaban J connectivity index is 1.92. The highest BCUT2D eigenvalue weighted by Crippen LogP contribution is 2.25. The molecule has 1 aliphatic rings. The van der Waals surface area contributed by atoms with Crippen molar-refractivity contribution < 1.29 is 8.42 Å². The van der Waals surface area contributed by atoms with Gasteiger partial charge < -0.3 is 4.90 Å². The van der Waals surface area contributed by atoms with Gasteiger partial charge in [0.15, 0.2) is 0 Å². The lowest BCUT2D eigenvalue weighted by molar-refractivity contribution is 0.288. The minimum Gasteiger partial charge on any atom is -0.303 e. The molecule has 0 saturated carbocycles. The summed E-state index contributed by atoms with van der Waals surface area (Å²) in [5.41, 5.74) is 0. The summed E-state index contributed by atoms with van der Waals surface area (Å²) in [6.07, 6.45) is 2.49. The first-order valence-corrected chi connectivity index (χ1v) is 9.71. The smallest absolute Gasteiger partial charge is 0.240 e. The van der Waals surface area contributed by atoms with E-state index < -0.39 is 10.0 Å². The van der Waals surface area contributed by atoms with Gasteiger partial charge in [-0.25, -0.2) is 13.1 Å².